The quantitative estimate of drug-likeness (QED) is 0.872. The van der Waals surface area contributed by atoms with E-state index in [9.17, 15) is 0 Å². The Kier molecular flexibility index (Phi) is 3.27. The van der Waals surface area contributed by atoms with E-state index in [-0.39, 0.29) is 0 Å². The molecule has 5 heteroatoms. The van der Waals surface area contributed by atoms with Crippen LogP contribution in [0.15, 0.2) is 24.5 Å². The van der Waals surface area contributed by atoms with Crippen LogP contribution in [0.4, 0.5) is 5.69 Å². The molecule has 0 spiro atoms. The first kappa shape index (κ1) is 11.4. The highest BCUT2D eigenvalue weighted by molar-refractivity contribution is 5.52. The van der Waals surface area contributed by atoms with Gasteiger partial charge in [0.25, 0.3) is 0 Å². The zero-order valence-corrected chi connectivity index (χ0v) is 10.3. The van der Waals surface area contributed by atoms with Crippen molar-refractivity contribution in [1.82, 2.24) is 14.8 Å². The molecule has 0 amide bonds. The van der Waals surface area contributed by atoms with Crippen molar-refractivity contribution in [3.05, 3.63) is 35.8 Å². The number of aryl methyl sites for hydroxylation is 1. The van der Waals surface area contributed by atoms with Crippen molar-refractivity contribution in [3.8, 4) is 5.88 Å². The summed E-state index contributed by atoms with van der Waals surface area (Å²) in [6.07, 6.45) is 3.57. The number of nitrogens with zero attached hydrogens (tertiary/aromatic N) is 3. The molecule has 0 aliphatic heterocycles. The summed E-state index contributed by atoms with van der Waals surface area (Å²) in [6, 6.07) is 3.82. The first-order valence-electron chi connectivity index (χ1n) is 5.42. The molecule has 5 nitrogen and oxygen atoms in total. The second-order valence-corrected chi connectivity index (χ2v) is 3.79. The monoisotopic (exact) mass is 232 g/mol. The van der Waals surface area contributed by atoms with Crippen molar-refractivity contribution < 1.29 is 4.74 Å². The highest BCUT2D eigenvalue weighted by Crippen LogP contribution is 2.20. The highest BCUT2D eigenvalue weighted by atomic mass is 16.5. The summed E-state index contributed by atoms with van der Waals surface area (Å²) in [5.41, 5.74) is 3.21. The standard InChI is InChI=1S/C12H16N4O/c1-9-10(8-15-16(9)2)7-14-11-5-4-6-13-12(11)17-3/h4-6,8,14H,7H2,1-3H3. The SMILES string of the molecule is COc1ncccc1NCc1cnn(C)c1C. The number of aromatic nitrogens is 3. The molecule has 0 aromatic carbocycles. The largest absolute Gasteiger partial charge is 0.480 e. The number of hydrogen-bond donors (Lipinski definition) is 1. The van der Waals surface area contributed by atoms with Crippen molar-refractivity contribution in [1.29, 1.82) is 0 Å². The van der Waals surface area contributed by atoms with Gasteiger partial charge in [-0.15, -0.1) is 0 Å². The lowest BCUT2D eigenvalue weighted by atomic mass is 10.2. The maximum atomic E-state index is 5.17. The Labute approximate surface area is 100 Å². The molecule has 2 aromatic heterocycles. The van der Waals surface area contributed by atoms with Gasteiger partial charge in [0, 0.05) is 31.0 Å². The lowest BCUT2D eigenvalue weighted by molar-refractivity contribution is 0.399. The van der Waals surface area contributed by atoms with Crippen LogP contribution in [0.1, 0.15) is 11.3 Å². The minimum atomic E-state index is 0.606. The minimum absolute atomic E-state index is 0.606. The predicted molar refractivity (Wildman–Crippen MR) is 66.1 cm³/mol. The van der Waals surface area contributed by atoms with Crippen LogP contribution < -0.4 is 10.1 Å². The fraction of sp³-hybridized carbons (Fsp3) is 0.333. The molecule has 0 radical (unpaired) electrons. The van der Waals surface area contributed by atoms with E-state index in [2.05, 4.69) is 15.4 Å². The molecular weight excluding hydrogens is 216 g/mol. The summed E-state index contributed by atoms with van der Waals surface area (Å²) >= 11 is 0. The molecule has 0 atom stereocenters. The molecule has 0 saturated heterocycles. The molecule has 0 unspecified atom stereocenters. The van der Waals surface area contributed by atoms with Crippen LogP contribution in [-0.2, 0) is 13.6 Å². The summed E-state index contributed by atoms with van der Waals surface area (Å²) in [5, 5.41) is 7.49. The summed E-state index contributed by atoms with van der Waals surface area (Å²) in [5.74, 6) is 0.606. The Balaban J connectivity index is 2.10. The van der Waals surface area contributed by atoms with Gasteiger partial charge in [0.1, 0.15) is 0 Å². The highest BCUT2D eigenvalue weighted by Gasteiger charge is 2.06. The van der Waals surface area contributed by atoms with E-state index in [1.165, 1.54) is 5.56 Å². The van der Waals surface area contributed by atoms with Crippen LogP contribution in [-0.4, -0.2) is 21.9 Å². The summed E-state index contributed by atoms with van der Waals surface area (Å²) in [7, 11) is 3.55. The number of methoxy groups -OCH3 is 1. The fourth-order valence-electron chi connectivity index (χ4n) is 1.60. The first-order valence-corrected chi connectivity index (χ1v) is 5.42. The molecule has 17 heavy (non-hydrogen) atoms. The van der Waals surface area contributed by atoms with Crippen LogP contribution in [0.5, 0.6) is 5.88 Å². The van der Waals surface area contributed by atoms with E-state index in [1.807, 2.05) is 37.0 Å². The topological polar surface area (TPSA) is 52.0 Å². The van der Waals surface area contributed by atoms with Crippen LogP contribution in [0, 0.1) is 6.92 Å². The van der Waals surface area contributed by atoms with E-state index in [1.54, 1.807) is 13.3 Å². The Morgan fingerprint density at radius 1 is 1.47 bits per heavy atom. The Hall–Kier alpha value is -2.04. The van der Waals surface area contributed by atoms with Gasteiger partial charge < -0.3 is 10.1 Å². The smallest absolute Gasteiger partial charge is 0.237 e. The van der Waals surface area contributed by atoms with Crippen molar-refractivity contribution in [3.63, 3.8) is 0 Å². The fourth-order valence-corrected chi connectivity index (χ4v) is 1.60. The Morgan fingerprint density at radius 3 is 2.94 bits per heavy atom. The normalized spacial score (nSPS) is 10.3. The molecule has 0 bridgehead atoms. The third kappa shape index (κ3) is 2.38. The predicted octanol–water partition coefficient (Wildman–Crippen LogP) is 1.74. The molecule has 2 heterocycles. The van der Waals surface area contributed by atoms with Gasteiger partial charge >= 0.3 is 0 Å². The maximum Gasteiger partial charge on any atom is 0.237 e. The van der Waals surface area contributed by atoms with Gasteiger partial charge in [0.15, 0.2) is 0 Å². The number of ether oxygens (including phenoxy) is 1. The number of pyridine rings is 1. The Morgan fingerprint density at radius 2 is 2.29 bits per heavy atom. The van der Waals surface area contributed by atoms with Gasteiger partial charge in [-0.1, -0.05) is 0 Å². The third-order valence-corrected chi connectivity index (χ3v) is 2.77. The molecular formula is C12H16N4O. The van der Waals surface area contributed by atoms with E-state index >= 15 is 0 Å². The van der Waals surface area contributed by atoms with Crippen LogP contribution in [0.25, 0.3) is 0 Å². The van der Waals surface area contributed by atoms with Gasteiger partial charge in [0.2, 0.25) is 5.88 Å². The summed E-state index contributed by atoms with van der Waals surface area (Å²) < 4.78 is 7.03. The number of hydrogen-bond acceptors (Lipinski definition) is 4. The third-order valence-electron chi connectivity index (χ3n) is 2.77. The second-order valence-electron chi connectivity index (χ2n) is 3.79. The van der Waals surface area contributed by atoms with E-state index < -0.39 is 0 Å². The van der Waals surface area contributed by atoms with Gasteiger partial charge in [-0.3, -0.25) is 4.68 Å². The van der Waals surface area contributed by atoms with Crippen molar-refractivity contribution in [2.45, 2.75) is 13.5 Å². The van der Waals surface area contributed by atoms with Gasteiger partial charge in [-0.05, 0) is 19.1 Å². The molecule has 2 aromatic rings. The molecule has 0 saturated carbocycles. The molecule has 1 N–H and O–H groups in total. The number of nitrogens with one attached hydrogen (secondary N) is 1. The lowest BCUT2D eigenvalue weighted by Crippen LogP contribution is -2.03. The average Bonchev–Trinajstić information content (AvgIpc) is 2.68. The lowest BCUT2D eigenvalue weighted by Gasteiger charge is -2.09. The summed E-state index contributed by atoms with van der Waals surface area (Å²) in [4.78, 5) is 4.13. The van der Waals surface area contributed by atoms with E-state index in [0.29, 0.717) is 12.4 Å². The van der Waals surface area contributed by atoms with Gasteiger partial charge in [-0.25, -0.2) is 4.98 Å². The maximum absolute atomic E-state index is 5.17. The van der Waals surface area contributed by atoms with Crippen LogP contribution in [0.3, 0.4) is 0 Å². The summed E-state index contributed by atoms with van der Waals surface area (Å²) in [6.45, 7) is 2.76. The van der Waals surface area contributed by atoms with Crippen LogP contribution in [0.2, 0.25) is 0 Å². The molecule has 0 fully saturated rings. The first-order chi connectivity index (χ1) is 8.22. The molecule has 2 rings (SSSR count). The molecule has 0 aliphatic rings. The van der Waals surface area contributed by atoms with Crippen molar-refractivity contribution in [2.24, 2.45) is 7.05 Å². The minimum Gasteiger partial charge on any atom is -0.480 e. The van der Waals surface area contributed by atoms with Crippen LogP contribution >= 0.6 is 0 Å². The van der Waals surface area contributed by atoms with Gasteiger partial charge in [0.05, 0.1) is 19.0 Å². The number of anilines is 1. The number of rotatable bonds is 4. The average molecular weight is 232 g/mol. The van der Waals surface area contributed by atoms with E-state index in [4.69, 9.17) is 4.74 Å². The van der Waals surface area contributed by atoms with Gasteiger partial charge in [-0.2, -0.15) is 5.10 Å². The van der Waals surface area contributed by atoms with E-state index in [0.717, 1.165) is 11.4 Å². The second kappa shape index (κ2) is 4.86. The van der Waals surface area contributed by atoms with Crippen molar-refractivity contribution in [2.75, 3.05) is 12.4 Å². The zero-order chi connectivity index (χ0) is 12.3. The van der Waals surface area contributed by atoms with Crippen molar-refractivity contribution >= 4 is 5.69 Å². The zero-order valence-electron chi connectivity index (χ0n) is 10.3. The molecule has 90 valence electrons. The molecule has 0 aliphatic carbocycles. The Bertz CT molecular complexity index is 507.